The predicted octanol–water partition coefficient (Wildman–Crippen LogP) is 1.23. The van der Waals surface area contributed by atoms with Gasteiger partial charge in [-0.3, -0.25) is 10.2 Å². The minimum Gasteiger partial charge on any atom is -0.493 e. The van der Waals surface area contributed by atoms with Crippen molar-refractivity contribution in [2.24, 2.45) is 0 Å². The summed E-state index contributed by atoms with van der Waals surface area (Å²) in [5.74, 6) is 1.14. The maximum absolute atomic E-state index is 12.0. The largest absolute Gasteiger partial charge is 0.493 e. The van der Waals surface area contributed by atoms with E-state index in [1.807, 2.05) is 26.0 Å². The van der Waals surface area contributed by atoms with Crippen molar-refractivity contribution >= 4 is 5.91 Å². The quantitative estimate of drug-likeness (QED) is 0.774. The maximum Gasteiger partial charge on any atom is 0.244 e. The van der Waals surface area contributed by atoms with E-state index in [-0.39, 0.29) is 5.91 Å². The topological polar surface area (TPSA) is 59.6 Å². The van der Waals surface area contributed by atoms with Gasteiger partial charge in [0, 0.05) is 7.05 Å². The number of hydrogen-bond acceptors (Lipinski definition) is 4. The number of ether oxygens (including phenoxy) is 2. The second-order valence-electron chi connectivity index (χ2n) is 4.40. The average molecular weight is 252 g/mol. The molecule has 0 heterocycles. The average Bonchev–Trinajstić information content (AvgIpc) is 2.38. The molecule has 0 aliphatic heterocycles. The molecule has 18 heavy (non-hydrogen) atoms. The van der Waals surface area contributed by atoms with Crippen LogP contribution >= 0.6 is 0 Å². The second-order valence-corrected chi connectivity index (χ2v) is 4.40. The Morgan fingerprint density at radius 3 is 2.28 bits per heavy atom. The minimum atomic E-state index is -0.664. The van der Waals surface area contributed by atoms with E-state index in [4.69, 9.17) is 9.47 Å². The first-order valence-electron chi connectivity index (χ1n) is 5.67. The van der Waals surface area contributed by atoms with E-state index >= 15 is 0 Å². The molecule has 1 amide bonds. The third-order valence-electron chi connectivity index (χ3n) is 2.91. The lowest BCUT2D eigenvalue weighted by Crippen LogP contribution is -2.45. The van der Waals surface area contributed by atoms with E-state index in [0.29, 0.717) is 11.5 Å². The van der Waals surface area contributed by atoms with Crippen LogP contribution in [0.25, 0.3) is 0 Å². The lowest BCUT2D eigenvalue weighted by Gasteiger charge is -2.24. The Morgan fingerprint density at radius 1 is 1.17 bits per heavy atom. The lowest BCUT2D eigenvalue weighted by atomic mass is 9.83. The van der Waals surface area contributed by atoms with Crippen molar-refractivity contribution in [2.45, 2.75) is 19.3 Å². The van der Waals surface area contributed by atoms with Crippen LogP contribution in [0, 0.1) is 0 Å². The van der Waals surface area contributed by atoms with Gasteiger partial charge in [0.05, 0.1) is 19.6 Å². The van der Waals surface area contributed by atoms with Gasteiger partial charge in [0.15, 0.2) is 11.5 Å². The van der Waals surface area contributed by atoms with E-state index in [0.717, 1.165) is 5.56 Å². The third kappa shape index (κ3) is 2.73. The van der Waals surface area contributed by atoms with E-state index in [9.17, 15) is 4.79 Å². The zero-order chi connectivity index (χ0) is 13.8. The van der Waals surface area contributed by atoms with Gasteiger partial charge in [-0.05, 0) is 31.5 Å². The molecule has 2 N–H and O–H groups in total. The first-order valence-corrected chi connectivity index (χ1v) is 5.67. The van der Waals surface area contributed by atoms with Crippen molar-refractivity contribution in [2.75, 3.05) is 21.3 Å². The number of methoxy groups -OCH3 is 2. The summed E-state index contributed by atoms with van der Waals surface area (Å²) in [6.45, 7) is 3.70. The van der Waals surface area contributed by atoms with E-state index < -0.39 is 5.41 Å². The van der Waals surface area contributed by atoms with Gasteiger partial charge in [-0.2, -0.15) is 0 Å². The number of benzene rings is 1. The lowest BCUT2D eigenvalue weighted by molar-refractivity contribution is -0.126. The van der Waals surface area contributed by atoms with Crippen LogP contribution < -0.4 is 20.3 Å². The highest BCUT2D eigenvalue weighted by Crippen LogP contribution is 2.33. The molecule has 0 saturated carbocycles. The van der Waals surface area contributed by atoms with Crippen molar-refractivity contribution in [3.8, 4) is 11.5 Å². The Hall–Kier alpha value is -1.75. The fraction of sp³-hybridized carbons (Fsp3) is 0.462. The molecule has 0 radical (unpaired) electrons. The van der Waals surface area contributed by atoms with Crippen LogP contribution in [0.5, 0.6) is 11.5 Å². The fourth-order valence-electron chi connectivity index (χ4n) is 1.63. The van der Waals surface area contributed by atoms with Crippen LogP contribution in [-0.2, 0) is 10.2 Å². The van der Waals surface area contributed by atoms with Crippen LogP contribution in [0.15, 0.2) is 18.2 Å². The van der Waals surface area contributed by atoms with Gasteiger partial charge in [0.2, 0.25) is 5.91 Å². The van der Waals surface area contributed by atoms with Crippen LogP contribution in [0.4, 0.5) is 0 Å². The second kappa shape index (κ2) is 5.73. The Bertz CT molecular complexity index is 430. The molecule has 0 aliphatic carbocycles. The van der Waals surface area contributed by atoms with E-state index in [1.54, 1.807) is 27.3 Å². The molecular weight excluding hydrogens is 232 g/mol. The van der Waals surface area contributed by atoms with Crippen molar-refractivity contribution in [3.63, 3.8) is 0 Å². The number of carbonyl (C=O) groups excluding carboxylic acids is 1. The molecule has 0 saturated heterocycles. The van der Waals surface area contributed by atoms with Gasteiger partial charge in [0.1, 0.15) is 0 Å². The molecule has 0 aliphatic rings. The summed E-state index contributed by atoms with van der Waals surface area (Å²) in [4.78, 5) is 12.0. The Morgan fingerprint density at radius 2 is 1.78 bits per heavy atom. The SMILES string of the molecule is CNNC(=O)C(C)(C)c1ccc(OC)c(OC)c1. The smallest absolute Gasteiger partial charge is 0.244 e. The molecule has 0 unspecified atom stereocenters. The highest BCUT2D eigenvalue weighted by atomic mass is 16.5. The van der Waals surface area contributed by atoms with Gasteiger partial charge in [0.25, 0.3) is 0 Å². The molecule has 0 spiro atoms. The third-order valence-corrected chi connectivity index (χ3v) is 2.91. The molecular formula is C13H20N2O3. The molecule has 5 heteroatoms. The van der Waals surface area contributed by atoms with Crippen LogP contribution in [0.2, 0.25) is 0 Å². The van der Waals surface area contributed by atoms with Gasteiger partial charge in [-0.25, -0.2) is 5.43 Å². The van der Waals surface area contributed by atoms with Crippen LogP contribution in [0.1, 0.15) is 19.4 Å². The first-order chi connectivity index (χ1) is 8.47. The van der Waals surface area contributed by atoms with Crippen molar-refractivity contribution in [1.29, 1.82) is 0 Å². The van der Waals surface area contributed by atoms with Crippen molar-refractivity contribution < 1.29 is 14.3 Å². The van der Waals surface area contributed by atoms with E-state index in [2.05, 4.69) is 10.9 Å². The van der Waals surface area contributed by atoms with Gasteiger partial charge >= 0.3 is 0 Å². The van der Waals surface area contributed by atoms with E-state index in [1.165, 1.54) is 0 Å². The Kier molecular flexibility index (Phi) is 4.55. The number of hydrogen-bond donors (Lipinski definition) is 2. The summed E-state index contributed by atoms with van der Waals surface area (Å²) in [5.41, 5.74) is 5.42. The fourth-order valence-corrected chi connectivity index (χ4v) is 1.63. The summed E-state index contributed by atoms with van der Waals surface area (Å²) in [6, 6.07) is 5.47. The molecule has 5 nitrogen and oxygen atoms in total. The summed E-state index contributed by atoms with van der Waals surface area (Å²) in [5, 5.41) is 0. The monoisotopic (exact) mass is 252 g/mol. The van der Waals surface area contributed by atoms with Gasteiger partial charge < -0.3 is 9.47 Å². The number of nitrogens with one attached hydrogen (secondary N) is 2. The number of hydrazine groups is 1. The molecule has 100 valence electrons. The molecule has 1 rings (SSSR count). The maximum atomic E-state index is 12.0. The zero-order valence-electron chi connectivity index (χ0n) is 11.5. The molecule has 0 fully saturated rings. The molecule has 1 aromatic carbocycles. The van der Waals surface area contributed by atoms with Gasteiger partial charge in [-0.15, -0.1) is 0 Å². The van der Waals surface area contributed by atoms with Crippen molar-refractivity contribution in [1.82, 2.24) is 10.9 Å². The number of carbonyl (C=O) groups is 1. The molecule has 1 aromatic rings. The minimum absolute atomic E-state index is 0.114. The summed E-state index contributed by atoms with van der Waals surface area (Å²) in [6.07, 6.45) is 0. The van der Waals surface area contributed by atoms with Crippen LogP contribution in [0.3, 0.4) is 0 Å². The summed E-state index contributed by atoms with van der Waals surface area (Å²) in [7, 11) is 4.81. The predicted molar refractivity (Wildman–Crippen MR) is 69.8 cm³/mol. The number of amides is 1. The molecule has 0 aromatic heterocycles. The first kappa shape index (κ1) is 14.3. The Balaban J connectivity index is 3.12. The Labute approximate surface area is 107 Å². The summed E-state index contributed by atoms with van der Waals surface area (Å²) < 4.78 is 10.4. The number of rotatable bonds is 5. The zero-order valence-corrected chi connectivity index (χ0v) is 11.5. The highest BCUT2D eigenvalue weighted by Gasteiger charge is 2.30. The van der Waals surface area contributed by atoms with Crippen LogP contribution in [-0.4, -0.2) is 27.2 Å². The summed E-state index contributed by atoms with van der Waals surface area (Å²) >= 11 is 0. The standard InChI is InChI=1S/C13H20N2O3/c1-13(2,12(16)15-14-3)9-6-7-10(17-4)11(8-9)18-5/h6-8,14H,1-5H3,(H,15,16). The molecule has 0 atom stereocenters. The van der Waals surface area contributed by atoms with Crippen molar-refractivity contribution in [3.05, 3.63) is 23.8 Å². The van der Waals surface area contributed by atoms with Gasteiger partial charge in [-0.1, -0.05) is 6.07 Å². The molecule has 0 bridgehead atoms. The highest BCUT2D eigenvalue weighted by molar-refractivity contribution is 5.87. The normalized spacial score (nSPS) is 10.9.